The van der Waals surface area contributed by atoms with Crippen molar-refractivity contribution < 1.29 is 4.74 Å². The van der Waals surface area contributed by atoms with Gasteiger partial charge in [-0.25, -0.2) is 0 Å². The summed E-state index contributed by atoms with van der Waals surface area (Å²) < 4.78 is 5.91. The summed E-state index contributed by atoms with van der Waals surface area (Å²) in [6.07, 6.45) is 1.58. The van der Waals surface area contributed by atoms with Crippen LogP contribution in [0.2, 0.25) is 0 Å². The smallest absolute Gasteiger partial charge is 0.0720 e. The lowest BCUT2D eigenvalue weighted by Gasteiger charge is -2.04. The molecular formula is C16H16O. The zero-order valence-electron chi connectivity index (χ0n) is 9.75. The Hall–Kier alpha value is -1.60. The molecule has 1 nitrogen and oxygen atoms in total. The second kappa shape index (κ2) is 4.72. The monoisotopic (exact) mass is 224 g/mol. The Morgan fingerprint density at radius 1 is 0.882 bits per heavy atom. The number of hydrogen-bond donors (Lipinski definition) is 0. The molecule has 86 valence electrons. The molecule has 0 heterocycles. The Kier molecular flexibility index (Phi) is 2.93. The average Bonchev–Trinajstić information content (AvgIpc) is 3.18. The predicted molar refractivity (Wildman–Crippen MR) is 68.8 cm³/mol. The molecule has 0 bridgehead atoms. The molecule has 0 spiro atoms. The SMILES string of the molecule is c1ccc(CO[C@H]2C[C@H]2c2ccccc2)cc1. The van der Waals surface area contributed by atoms with Gasteiger partial charge in [-0.05, 0) is 17.5 Å². The van der Waals surface area contributed by atoms with E-state index in [1.54, 1.807) is 0 Å². The van der Waals surface area contributed by atoms with Crippen LogP contribution in [0.15, 0.2) is 60.7 Å². The highest BCUT2D eigenvalue weighted by Crippen LogP contribution is 2.43. The summed E-state index contributed by atoms with van der Waals surface area (Å²) in [5, 5.41) is 0. The fourth-order valence-electron chi connectivity index (χ4n) is 2.18. The molecule has 1 saturated carbocycles. The third-order valence-electron chi connectivity index (χ3n) is 3.27. The first-order valence-corrected chi connectivity index (χ1v) is 6.14. The van der Waals surface area contributed by atoms with Crippen molar-refractivity contribution in [2.24, 2.45) is 0 Å². The maximum absolute atomic E-state index is 5.91. The van der Waals surface area contributed by atoms with Gasteiger partial charge >= 0.3 is 0 Å². The van der Waals surface area contributed by atoms with Crippen molar-refractivity contribution in [3.63, 3.8) is 0 Å². The van der Waals surface area contributed by atoms with E-state index < -0.39 is 0 Å². The molecule has 0 saturated heterocycles. The van der Waals surface area contributed by atoms with Crippen LogP contribution in [0, 0.1) is 0 Å². The lowest BCUT2D eigenvalue weighted by molar-refractivity contribution is 0.102. The largest absolute Gasteiger partial charge is 0.373 e. The third-order valence-corrected chi connectivity index (χ3v) is 3.27. The average molecular weight is 224 g/mol. The normalized spacial score (nSPS) is 22.4. The van der Waals surface area contributed by atoms with E-state index in [2.05, 4.69) is 54.6 Å². The van der Waals surface area contributed by atoms with Gasteiger partial charge in [0.2, 0.25) is 0 Å². The Balaban J connectivity index is 1.53. The number of ether oxygens (including phenoxy) is 1. The van der Waals surface area contributed by atoms with Gasteiger partial charge in [-0.2, -0.15) is 0 Å². The molecule has 1 heteroatoms. The highest BCUT2D eigenvalue weighted by molar-refractivity contribution is 5.26. The minimum atomic E-state index is 0.414. The molecule has 17 heavy (non-hydrogen) atoms. The highest BCUT2D eigenvalue weighted by atomic mass is 16.5. The van der Waals surface area contributed by atoms with E-state index in [4.69, 9.17) is 4.74 Å². The second-order valence-electron chi connectivity index (χ2n) is 4.59. The van der Waals surface area contributed by atoms with Crippen LogP contribution in [0.5, 0.6) is 0 Å². The number of hydrogen-bond acceptors (Lipinski definition) is 1. The fourth-order valence-corrected chi connectivity index (χ4v) is 2.18. The van der Waals surface area contributed by atoms with Crippen molar-refractivity contribution in [2.75, 3.05) is 0 Å². The topological polar surface area (TPSA) is 9.23 Å². The molecule has 0 aromatic heterocycles. The van der Waals surface area contributed by atoms with E-state index in [1.165, 1.54) is 11.1 Å². The van der Waals surface area contributed by atoms with Crippen LogP contribution >= 0.6 is 0 Å². The van der Waals surface area contributed by atoms with Gasteiger partial charge in [0.25, 0.3) is 0 Å². The molecule has 0 aliphatic heterocycles. The second-order valence-corrected chi connectivity index (χ2v) is 4.59. The zero-order chi connectivity index (χ0) is 11.5. The standard InChI is InChI=1S/C16H16O/c1-3-7-13(8-4-1)12-17-16-11-15(16)14-9-5-2-6-10-14/h1-10,15-16H,11-12H2/t15-,16-/m0/s1. The van der Waals surface area contributed by atoms with E-state index >= 15 is 0 Å². The first-order chi connectivity index (χ1) is 8.43. The van der Waals surface area contributed by atoms with Crippen molar-refractivity contribution in [3.05, 3.63) is 71.8 Å². The molecule has 3 rings (SSSR count). The van der Waals surface area contributed by atoms with Crippen molar-refractivity contribution in [1.82, 2.24) is 0 Å². The first kappa shape index (κ1) is 10.5. The lowest BCUT2D eigenvalue weighted by atomic mass is 10.1. The molecular weight excluding hydrogens is 208 g/mol. The quantitative estimate of drug-likeness (QED) is 0.768. The minimum Gasteiger partial charge on any atom is -0.373 e. The van der Waals surface area contributed by atoms with Gasteiger partial charge < -0.3 is 4.74 Å². The molecule has 1 fully saturated rings. The van der Waals surface area contributed by atoms with E-state index in [9.17, 15) is 0 Å². The Labute approximate surface area is 102 Å². The van der Waals surface area contributed by atoms with Gasteiger partial charge in [0.1, 0.15) is 0 Å². The number of benzene rings is 2. The van der Waals surface area contributed by atoms with Crippen LogP contribution in [-0.2, 0) is 11.3 Å². The Morgan fingerprint density at radius 3 is 2.24 bits per heavy atom. The van der Waals surface area contributed by atoms with Crippen molar-refractivity contribution in [2.45, 2.75) is 25.0 Å². The molecule has 1 aliphatic carbocycles. The summed E-state index contributed by atoms with van der Waals surface area (Å²) >= 11 is 0. The van der Waals surface area contributed by atoms with E-state index in [0.717, 1.165) is 13.0 Å². The van der Waals surface area contributed by atoms with Gasteiger partial charge in [0.15, 0.2) is 0 Å². The maximum Gasteiger partial charge on any atom is 0.0720 e. The van der Waals surface area contributed by atoms with Crippen LogP contribution in [0.25, 0.3) is 0 Å². The predicted octanol–water partition coefficient (Wildman–Crippen LogP) is 3.76. The van der Waals surface area contributed by atoms with E-state index in [-0.39, 0.29) is 0 Å². The van der Waals surface area contributed by atoms with Crippen LogP contribution < -0.4 is 0 Å². The zero-order valence-corrected chi connectivity index (χ0v) is 9.75. The minimum absolute atomic E-state index is 0.414. The Bertz CT molecular complexity index is 463. The van der Waals surface area contributed by atoms with Crippen LogP contribution in [-0.4, -0.2) is 6.10 Å². The van der Waals surface area contributed by atoms with E-state index in [0.29, 0.717) is 12.0 Å². The van der Waals surface area contributed by atoms with Crippen molar-refractivity contribution >= 4 is 0 Å². The van der Waals surface area contributed by atoms with Crippen molar-refractivity contribution in [1.29, 1.82) is 0 Å². The summed E-state index contributed by atoms with van der Waals surface area (Å²) in [5.74, 6) is 0.611. The molecule has 1 aliphatic rings. The van der Waals surface area contributed by atoms with Crippen molar-refractivity contribution in [3.8, 4) is 0 Å². The lowest BCUT2D eigenvalue weighted by Crippen LogP contribution is -1.97. The van der Waals surface area contributed by atoms with E-state index in [1.807, 2.05) is 6.07 Å². The summed E-state index contributed by atoms with van der Waals surface area (Å²) in [6.45, 7) is 0.731. The fraction of sp³-hybridized carbons (Fsp3) is 0.250. The third kappa shape index (κ3) is 2.56. The number of rotatable bonds is 4. The van der Waals surface area contributed by atoms with Gasteiger partial charge in [-0.15, -0.1) is 0 Å². The van der Waals surface area contributed by atoms with Gasteiger partial charge in [-0.1, -0.05) is 60.7 Å². The Morgan fingerprint density at radius 2 is 1.53 bits per heavy atom. The van der Waals surface area contributed by atoms with Gasteiger partial charge in [-0.3, -0.25) is 0 Å². The summed E-state index contributed by atoms with van der Waals surface area (Å²) in [7, 11) is 0. The molecule has 2 atom stereocenters. The van der Waals surface area contributed by atoms with Crippen LogP contribution in [0.1, 0.15) is 23.5 Å². The molecule has 0 amide bonds. The van der Waals surface area contributed by atoms with Crippen LogP contribution in [0.4, 0.5) is 0 Å². The molecule has 0 N–H and O–H groups in total. The maximum atomic E-state index is 5.91. The molecule has 0 unspecified atom stereocenters. The van der Waals surface area contributed by atoms with Gasteiger partial charge in [0, 0.05) is 5.92 Å². The summed E-state index contributed by atoms with van der Waals surface area (Å²) in [5.41, 5.74) is 2.66. The summed E-state index contributed by atoms with van der Waals surface area (Å²) in [6, 6.07) is 21.0. The van der Waals surface area contributed by atoms with Crippen LogP contribution in [0.3, 0.4) is 0 Å². The highest BCUT2D eigenvalue weighted by Gasteiger charge is 2.39. The first-order valence-electron chi connectivity index (χ1n) is 6.14. The molecule has 2 aromatic rings. The molecule has 0 radical (unpaired) electrons. The summed E-state index contributed by atoms with van der Waals surface area (Å²) in [4.78, 5) is 0. The molecule has 2 aromatic carbocycles. The van der Waals surface area contributed by atoms with Gasteiger partial charge in [0.05, 0.1) is 12.7 Å².